The third-order valence-electron chi connectivity index (χ3n) is 3.31. The van der Waals surface area contributed by atoms with Crippen LogP contribution in [0.4, 0.5) is 0 Å². The van der Waals surface area contributed by atoms with E-state index in [4.69, 9.17) is 14.4 Å². The first-order chi connectivity index (χ1) is 11.5. The Labute approximate surface area is 149 Å². The van der Waals surface area contributed by atoms with Gasteiger partial charge in [0.25, 0.3) is 0 Å². The van der Waals surface area contributed by atoms with Gasteiger partial charge in [-0.15, -0.1) is 0 Å². The van der Waals surface area contributed by atoms with Crippen molar-refractivity contribution in [2.45, 2.75) is 20.3 Å². The van der Waals surface area contributed by atoms with Crippen LogP contribution in [0.2, 0.25) is 0 Å². The zero-order chi connectivity index (χ0) is 17.5. The van der Waals surface area contributed by atoms with Crippen molar-refractivity contribution in [3.05, 3.63) is 52.2 Å². The molecular weight excluding hydrogens is 370 g/mol. The number of esters is 1. The zero-order valence-electron chi connectivity index (χ0n) is 13.6. The molecule has 0 radical (unpaired) electrons. The molecule has 1 aromatic heterocycles. The highest BCUT2D eigenvalue weighted by molar-refractivity contribution is 9.10. The number of nitriles is 1. The van der Waals surface area contributed by atoms with E-state index >= 15 is 0 Å². The maximum atomic E-state index is 11.9. The first-order valence-corrected chi connectivity index (χ1v) is 8.43. The van der Waals surface area contributed by atoms with Gasteiger partial charge in [0.1, 0.15) is 23.2 Å². The maximum Gasteiger partial charge on any atom is 0.349 e. The van der Waals surface area contributed by atoms with Crippen molar-refractivity contribution in [1.29, 1.82) is 5.26 Å². The molecule has 2 rings (SSSR count). The number of hydrogen-bond donors (Lipinski definition) is 0. The van der Waals surface area contributed by atoms with E-state index in [0.717, 1.165) is 16.5 Å². The van der Waals surface area contributed by atoms with Crippen molar-refractivity contribution in [3.8, 4) is 17.4 Å². The molecule has 0 saturated heterocycles. The van der Waals surface area contributed by atoms with Crippen molar-refractivity contribution in [3.63, 3.8) is 0 Å². The van der Waals surface area contributed by atoms with Crippen LogP contribution in [-0.4, -0.2) is 12.6 Å². The van der Waals surface area contributed by atoms with E-state index in [1.807, 2.05) is 44.2 Å². The van der Waals surface area contributed by atoms with E-state index in [1.165, 1.54) is 6.08 Å². The van der Waals surface area contributed by atoms with Crippen LogP contribution in [0.1, 0.15) is 26.0 Å². The Balaban J connectivity index is 2.10. The lowest BCUT2D eigenvalue weighted by molar-refractivity contribution is -0.138. The van der Waals surface area contributed by atoms with Crippen LogP contribution in [0.25, 0.3) is 17.4 Å². The summed E-state index contributed by atoms with van der Waals surface area (Å²) in [6, 6.07) is 13.1. The van der Waals surface area contributed by atoms with Crippen LogP contribution in [0, 0.1) is 17.2 Å². The number of carbonyl (C=O) groups is 1. The van der Waals surface area contributed by atoms with Gasteiger partial charge in [0.05, 0.1) is 6.61 Å². The lowest BCUT2D eigenvalue weighted by Gasteiger charge is -2.05. The second-order valence-electron chi connectivity index (χ2n) is 5.70. The van der Waals surface area contributed by atoms with Gasteiger partial charge in [-0.05, 0) is 36.6 Å². The fourth-order valence-electron chi connectivity index (χ4n) is 1.94. The third kappa shape index (κ3) is 5.10. The SMILES string of the molecule is CC(C)CCOC(=O)C(C#N)=Cc1ccc(-c2ccc(Br)cc2)o1. The van der Waals surface area contributed by atoms with Gasteiger partial charge in [0, 0.05) is 16.1 Å². The van der Waals surface area contributed by atoms with Crippen LogP contribution >= 0.6 is 15.9 Å². The van der Waals surface area contributed by atoms with Crippen molar-refractivity contribution in [2.75, 3.05) is 6.61 Å². The summed E-state index contributed by atoms with van der Waals surface area (Å²) in [6.07, 6.45) is 2.17. The highest BCUT2D eigenvalue weighted by Crippen LogP contribution is 2.25. The van der Waals surface area contributed by atoms with Gasteiger partial charge in [0.15, 0.2) is 0 Å². The summed E-state index contributed by atoms with van der Waals surface area (Å²) in [5.41, 5.74) is 0.839. The highest BCUT2D eigenvalue weighted by Gasteiger charge is 2.12. The van der Waals surface area contributed by atoms with Crippen LogP contribution in [-0.2, 0) is 9.53 Å². The van der Waals surface area contributed by atoms with Gasteiger partial charge < -0.3 is 9.15 Å². The predicted molar refractivity (Wildman–Crippen MR) is 95.8 cm³/mol. The van der Waals surface area contributed by atoms with E-state index in [-0.39, 0.29) is 5.57 Å². The van der Waals surface area contributed by atoms with Gasteiger partial charge in [-0.1, -0.05) is 41.9 Å². The number of furan rings is 1. The predicted octanol–water partition coefficient (Wildman–Crippen LogP) is 5.21. The number of ether oxygens (including phenoxy) is 1. The van der Waals surface area contributed by atoms with Crippen LogP contribution in [0.15, 0.2) is 50.9 Å². The summed E-state index contributed by atoms with van der Waals surface area (Å²) >= 11 is 3.38. The Bertz CT molecular complexity index is 767. The molecular formula is C19H18BrNO3. The summed E-state index contributed by atoms with van der Waals surface area (Å²) in [6.45, 7) is 4.39. The van der Waals surface area contributed by atoms with Crippen molar-refractivity contribution in [2.24, 2.45) is 5.92 Å². The first-order valence-electron chi connectivity index (χ1n) is 7.64. The standard InChI is InChI=1S/C19H18BrNO3/c1-13(2)9-10-23-19(22)15(12-21)11-17-7-8-18(24-17)14-3-5-16(20)6-4-14/h3-8,11,13H,9-10H2,1-2H3. The minimum Gasteiger partial charge on any atom is -0.462 e. The Hall–Kier alpha value is -2.32. The molecule has 0 aliphatic heterocycles. The molecule has 24 heavy (non-hydrogen) atoms. The van der Waals surface area contributed by atoms with E-state index < -0.39 is 5.97 Å². The molecule has 0 fully saturated rings. The van der Waals surface area contributed by atoms with Gasteiger partial charge in [-0.2, -0.15) is 5.26 Å². The molecule has 2 aromatic rings. The molecule has 1 aromatic carbocycles. The molecule has 5 heteroatoms. The minimum atomic E-state index is -0.625. The lowest BCUT2D eigenvalue weighted by atomic mass is 10.1. The topological polar surface area (TPSA) is 63.2 Å². The van der Waals surface area contributed by atoms with E-state index in [9.17, 15) is 4.79 Å². The van der Waals surface area contributed by atoms with E-state index in [0.29, 0.717) is 24.0 Å². The molecule has 0 N–H and O–H groups in total. The number of halogens is 1. The van der Waals surface area contributed by atoms with Crippen LogP contribution < -0.4 is 0 Å². The largest absolute Gasteiger partial charge is 0.462 e. The smallest absolute Gasteiger partial charge is 0.349 e. The average Bonchev–Trinajstić information content (AvgIpc) is 3.01. The fraction of sp³-hybridized carbons (Fsp3) is 0.263. The van der Waals surface area contributed by atoms with Gasteiger partial charge in [-0.25, -0.2) is 4.79 Å². The van der Waals surface area contributed by atoms with E-state index in [2.05, 4.69) is 15.9 Å². The molecule has 0 bridgehead atoms. The summed E-state index contributed by atoms with van der Waals surface area (Å²) in [4.78, 5) is 11.9. The molecule has 0 amide bonds. The molecule has 0 atom stereocenters. The number of nitrogens with zero attached hydrogens (tertiary/aromatic N) is 1. The Kier molecular flexibility index (Phi) is 6.39. The van der Waals surface area contributed by atoms with E-state index in [1.54, 1.807) is 12.1 Å². The third-order valence-corrected chi connectivity index (χ3v) is 3.84. The number of hydrogen-bond acceptors (Lipinski definition) is 4. The monoisotopic (exact) mass is 387 g/mol. The second-order valence-corrected chi connectivity index (χ2v) is 6.61. The summed E-state index contributed by atoms with van der Waals surface area (Å²) in [5, 5.41) is 9.15. The quantitative estimate of drug-likeness (QED) is 0.387. The molecule has 0 unspecified atom stereocenters. The Morgan fingerprint density at radius 3 is 2.62 bits per heavy atom. The fourth-order valence-corrected chi connectivity index (χ4v) is 2.21. The maximum absolute atomic E-state index is 11.9. The Morgan fingerprint density at radius 2 is 2.00 bits per heavy atom. The van der Waals surface area contributed by atoms with Gasteiger partial charge >= 0.3 is 5.97 Å². The summed E-state index contributed by atoms with van der Waals surface area (Å²) in [5.74, 6) is 0.912. The molecule has 0 spiro atoms. The second kappa shape index (κ2) is 8.51. The molecule has 0 aliphatic carbocycles. The first kappa shape index (κ1) is 18.0. The summed E-state index contributed by atoms with van der Waals surface area (Å²) in [7, 11) is 0. The van der Waals surface area contributed by atoms with Crippen molar-refractivity contribution < 1.29 is 13.9 Å². The average molecular weight is 388 g/mol. The normalized spacial score (nSPS) is 11.4. The van der Waals surface area contributed by atoms with Crippen LogP contribution in [0.5, 0.6) is 0 Å². The molecule has 124 valence electrons. The number of rotatable bonds is 6. The van der Waals surface area contributed by atoms with Gasteiger partial charge in [-0.3, -0.25) is 0 Å². The lowest BCUT2D eigenvalue weighted by Crippen LogP contribution is -2.09. The molecule has 1 heterocycles. The van der Waals surface area contributed by atoms with Crippen LogP contribution in [0.3, 0.4) is 0 Å². The van der Waals surface area contributed by atoms with Crippen molar-refractivity contribution >= 4 is 28.0 Å². The zero-order valence-corrected chi connectivity index (χ0v) is 15.2. The number of carbonyl (C=O) groups excluding carboxylic acids is 1. The Morgan fingerprint density at radius 1 is 1.29 bits per heavy atom. The minimum absolute atomic E-state index is 0.0736. The summed E-state index contributed by atoms with van der Waals surface area (Å²) < 4.78 is 11.8. The van der Waals surface area contributed by atoms with Crippen molar-refractivity contribution in [1.82, 2.24) is 0 Å². The molecule has 0 saturated carbocycles. The molecule has 4 nitrogen and oxygen atoms in total. The number of benzene rings is 1. The highest BCUT2D eigenvalue weighted by atomic mass is 79.9. The molecule has 0 aliphatic rings. The van der Waals surface area contributed by atoms with Gasteiger partial charge in [0.2, 0.25) is 0 Å².